The van der Waals surface area contributed by atoms with Crippen LogP contribution in [-0.2, 0) is 6.54 Å². The average molecular weight is 296 g/mol. The molecule has 114 valence electrons. The zero-order valence-electron chi connectivity index (χ0n) is 12.7. The van der Waals surface area contributed by atoms with Crippen molar-refractivity contribution in [3.05, 3.63) is 40.3 Å². The van der Waals surface area contributed by atoms with E-state index in [0.29, 0.717) is 18.5 Å². The van der Waals surface area contributed by atoms with E-state index in [4.69, 9.17) is 5.73 Å². The number of para-hydroxylation sites is 1. The van der Waals surface area contributed by atoms with Gasteiger partial charge in [-0.15, -0.1) is 0 Å². The molecule has 0 unspecified atom stereocenters. The van der Waals surface area contributed by atoms with E-state index in [1.54, 1.807) is 0 Å². The van der Waals surface area contributed by atoms with Gasteiger partial charge in [-0.05, 0) is 32.4 Å². The number of rotatable bonds is 3. The van der Waals surface area contributed by atoms with E-state index < -0.39 is 0 Å². The fourth-order valence-corrected chi connectivity index (χ4v) is 3.64. The van der Waals surface area contributed by atoms with Crippen molar-refractivity contribution in [1.29, 1.82) is 0 Å². The Morgan fingerprint density at radius 3 is 2.82 bits per heavy atom. The van der Waals surface area contributed by atoms with Gasteiger partial charge in [0, 0.05) is 23.0 Å². The van der Waals surface area contributed by atoms with E-state index in [1.165, 1.54) is 6.42 Å². The number of aromatic amines is 1. The topological polar surface area (TPSA) is 76.7 Å². The van der Waals surface area contributed by atoms with Gasteiger partial charge < -0.3 is 10.3 Å². The predicted octanol–water partition coefficient (Wildman–Crippen LogP) is 2.32. The summed E-state index contributed by atoms with van der Waals surface area (Å²) in [5, 5.41) is 9.01. The number of nitrogens with one attached hydrogen (secondary N) is 1. The molecule has 0 aliphatic heterocycles. The zero-order valence-corrected chi connectivity index (χ0v) is 12.7. The maximum atomic E-state index is 13.0. The molecular formula is C17H20N4O. The van der Waals surface area contributed by atoms with Gasteiger partial charge in [0.05, 0.1) is 10.9 Å². The van der Waals surface area contributed by atoms with Crippen molar-refractivity contribution in [2.24, 2.45) is 11.1 Å². The lowest BCUT2D eigenvalue weighted by Gasteiger charge is -2.41. The largest absolute Gasteiger partial charge is 0.330 e. The van der Waals surface area contributed by atoms with Crippen LogP contribution in [0.4, 0.5) is 0 Å². The van der Waals surface area contributed by atoms with Crippen LogP contribution in [0, 0.1) is 12.3 Å². The van der Waals surface area contributed by atoms with Gasteiger partial charge in [0.25, 0.3) is 5.56 Å². The van der Waals surface area contributed by atoms with E-state index in [2.05, 4.69) is 10.2 Å². The smallest absolute Gasteiger partial charge is 0.262 e. The molecule has 2 heterocycles. The van der Waals surface area contributed by atoms with Gasteiger partial charge in [-0.3, -0.25) is 9.89 Å². The molecule has 2 aromatic heterocycles. The van der Waals surface area contributed by atoms with E-state index in [-0.39, 0.29) is 11.0 Å². The van der Waals surface area contributed by atoms with Crippen LogP contribution in [0.25, 0.3) is 21.8 Å². The summed E-state index contributed by atoms with van der Waals surface area (Å²) >= 11 is 0. The minimum Gasteiger partial charge on any atom is -0.330 e. The van der Waals surface area contributed by atoms with Crippen LogP contribution in [0.15, 0.2) is 29.1 Å². The molecule has 0 saturated heterocycles. The van der Waals surface area contributed by atoms with Gasteiger partial charge >= 0.3 is 0 Å². The molecule has 3 N–H and O–H groups in total. The number of nitrogens with two attached hydrogens (primary N) is 1. The van der Waals surface area contributed by atoms with Crippen molar-refractivity contribution in [3.63, 3.8) is 0 Å². The Morgan fingerprint density at radius 1 is 1.36 bits per heavy atom. The molecule has 4 rings (SSSR count). The van der Waals surface area contributed by atoms with Crippen LogP contribution in [0.2, 0.25) is 0 Å². The number of fused-ring (bicyclic) bond motifs is 3. The molecule has 22 heavy (non-hydrogen) atoms. The third kappa shape index (κ3) is 1.75. The highest BCUT2D eigenvalue weighted by Crippen LogP contribution is 2.41. The number of aromatic nitrogens is 3. The van der Waals surface area contributed by atoms with Crippen LogP contribution < -0.4 is 11.3 Å². The number of hydrogen-bond acceptors (Lipinski definition) is 3. The molecule has 5 heteroatoms. The Morgan fingerprint density at radius 2 is 2.14 bits per heavy atom. The number of aryl methyl sites for hydroxylation is 1. The minimum absolute atomic E-state index is 0.0414. The molecule has 0 atom stereocenters. The number of hydrogen-bond donors (Lipinski definition) is 2. The Bertz CT molecular complexity index is 912. The summed E-state index contributed by atoms with van der Waals surface area (Å²) in [6.07, 6.45) is 3.41. The Kier molecular flexibility index (Phi) is 2.87. The summed E-state index contributed by atoms with van der Waals surface area (Å²) < 4.78 is 1.91. The van der Waals surface area contributed by atoms with Crippen LogP contribution in [-0.4, -0.2) is 21.3 Å². The second-order valence-corrected chi connectivity index (χ2v) is 6.54. The molecule has 3 aromatic rings. The summed E-state index contributed by atoms with van der Waals surface area (Å²) in [4.78, 5) is 13.0. The molecule has 1 saturated carbocycles. The van der Waals surface area contributed by atoms with Crippen molar-refractivity contribution >= 4 is 21.8 Å². The first-order valence-corrected chi connectivity index (χ1v) is 7.81. The summed E-state index contributed by atoms with van der Waals surface area (Å²) in [5.74, 6) is 0. The highest BCUT2D eigenvalue weighted by molar-refractivity contribution is 6.03. The first-order valence-electron chi connectivity index (χ1n) is 7.81. The molecule has 1 aliphatic rings. The summed E-state index contributed by atoms with van der Waals surface area (Å²) in [6, 6.07) is 8.00. The second kappa shape index (κ2) is 4.68. The van der Waals surface area contributed by atoms with Crippen LogP contribution >= 0.6 is 0 Å². The molecule has 0 radical (unpaired) electrons. The van der Waals surface area contributed by atoms with Crippen molar-refractivity contribution in [3.8, 4) is 0 Å². The van der Waals surface area contributed by atoms with Gasteiger partial charge in [-0.25, -0.2) is 0 Å². The average Bonchev–Trinajstić information content (AvgIpc) is 2.88. The standard InChI is InChI=1S/C17H20N4O/c1-11-14-15(20-19-11)12-5-2-3-6-13(12)21(16(14)22)10-17(9-18)7-4-8-17/h2-3,5-6H,4,7-10,18H2,1H3,(H,19,20). The summed E-state index contributed by atoms with van der Waals surface area (Å²) in [5.41, 5.74) is 8.67. The normalized spacial score (nSPS) is 17.0. The van der Waals surface area contributed by atoms with E-state index in [1.807, 2.05) is 35.8 Å². The fourth-order valence-electron chi connectivity index (χ4n) is 3.64. The van der Waals surface area contributed by atoms with Gasteiger partial charge in [0.15, 0.2) is 0 Å². The highest BCUT2D eigenvalue weighted by Gasteiger charge is 2.36. The third-order valence-electron chi connectivity index (χ3n) is 5.20. The van der Waals surface area contributed by atoms with Crippen LogP contribution in [0.3, 0.4) is 0 Å². The third-order valence-corrected chi connectivity index (χ3v) is 5.20. The second-order valence-electron chi connectivity index (χ2n) is 6.54. The lowest BCUT2D eigenvalue weighted by molar-refractivity contribution is 0.118. The van der Waals surface area contributed by atoms with Crippen molar-refractivity contribution < 1.29 is 0 Å². The molecule has 5 nitrogen and oxygen atoms in total. The van der Waals surface area contributed by atoms with Gasteiger partial charge in [0.2, 0.25) is 0 Å². The maximum Gasteiger partial charge on any atom is 0.262 e. The van der Waals surface area contributed by atoms with Crippen LogP contribution in [0.5, 0.6) is 0 Å². The SMILES string of the molecule is Cc1[nH]nc2c1c(=O)n(CC1(CN)CCC1)c1ccccc21. The summed E-state index contributed by atoms with van der Waals surface area (Å²) in [7, 11) is 0. The minimum atomic E-state index is 0.0414. The Balaban J connectivity index is 2.04. The first kappa shape index (κ1) is 13.5. The van der Waals surface area contributed by atoms with E-state index in [9.17, 15) is 4.79 Å². The predicted molar refractivity (Wildman–Crippen MR) is 87.9 cm³/mol. The lowest BCUT2D eigenvalue weighted by Crippen LogP contribution is -2.43. The van der Waals surface area contributed by atoms with E-state index in [0.717, 1.165) is 35.0 Å². The molecule has 0 bridgehead atoms. The number of H-pyrrole nitrogens is 1. The zero-order chi connectivity index (χ0) is 15.3. The number of pyridine rings is 1. The Labute approximate surface area is 128 Å². The molecule has 1 aliphatic carbocycles. The molecule has 0 amide bonds. The van der Waals surface area contributed by atoms with Gasteiger partial charge in [-0.1, -0.05) is 24.6 Å². The molecular weight excluding hydrogens is 276 g/mol. The Hall–Kier alpha value is -2.14. The van der Waals surface area contributed by atoms with Crippen molar-refractivity contribution in [2.45, 2.75) is 32.7 Å². The quantitative estimate of drug-likeness (QED) is 0.778. The number of nitrogens with zero attached hydrogens (tertiary/aromatic N) is 2. The molecule has 1 aromatic carbocycles. The monoisotopic (exact) mass is 296 g/mol. The molecule has 0 spiro atoms. The van der Waals surface area contributed by atoms with E-state index >= 15 is 0 Å². The fraction of sp³-hybridized carbons (Fsp3) is 0.412. The van der Waals surface area contributed by atoms with Gasteiger partial charge in [0.1, 0.15) is 5.52 Å². The van der Waals surface area contributed by atoms with Crippen LogP contribution in [0.1, 0.15) is 25.0 Å². The first-order chi connectivity index (χ1) is 10.7. The van der Waals surface area contributed by atoms with Gasteiger partial charge in [-0.2, -0.15) is 5.10 Å². The lowest BCUT2D eigenvalue weighted by atomic mass is 9.68. The van der Waals surface area contributed by atoms with Crippen molar-refractivity contribution in [2.75, 3.05) is 6.54 Å². The number of benzene rings is 1. The highest BCUT2D eigenvalue weighted by atomic mass is 16.1. The van der Waals surface area contributed by atoms with Crippen molar-refractivity contribution in [1.82, 2.24) is 14.8 Å². The maximum absolute atomic E-state index is 13.0. The molecule has 1 fully saturated rings. The summed E-state index contributed by atoms with van der Waals surface area (Å²) in [6.45, 7) is 3.23.